The van der Waals surface area contributed by atoms with Gasteiger partial charge in [0.15, 0.2) is 0 Å². The molecule has 248 valence electrons. The maximum absolute atomic E-state index is 6.51. The fourth-order valence-electron chi connectivity index (χ4n) is 4.83. The summed E-state index contributed by atoms with van der Waals surface area (Å²) in [5.74, 6) is 2.97. The zero-order valence-electron chi connectivity index (χ0n) is 26.9. The van der Waals surface area contributed by atoms with Crippen LogP contribution in [0.1, 0.15) is 18.5 Å². The van der Waals surface area contributed by atoms with E-state index in [0.717, 1.165) is 11.5 Å². The molecule has 0 heterocycles. The van der Waals surface area contributed by atoms with Gasteiger partial charge in [-0.2, -0.15) is 6.07 Å². The number of rotatable bonds is 12. The van der Waals surface area contributed by atoms with E-state index in [1.807, 2.05) is 78.9 Å². The Hall–Kier alpha value is -3.88. The van der Waals surface area contributed by atoms with Crippen molar-refractivity contribution in [3.63, 3.8) is 0 Å². The molecular formula is C39H39FeNO4P2-6. The molecule has 0 aliphatic heterocycles. The summed E-state index contributed by atoms with van der Waals surface area (Å²) < 4.78 is 25.9. The van der Waals surface area contributed by atoms with E-state index in [1.54, 1.807) is 14.2 Å². The van der Waals surface area contributed by atoms with Crippen molar-refractivity contribution in [3.05, 3.63) is 163 Å². The minimum absolute atomic E-state index is 0. The second kappa shape index (κ2) is 18.5. The van der Waals surface area contributed by atoms with Crippen molar-refractivity contribution in [2.24, 2.45) is 0 Å². The van der Waals surface area contributed by atoms with Gasteiger partial charge in [0.2, 0.25) is 0 Å². The van der Waals surface area contributed by atoms with E-state index in [0.29, 0.717) is 11.5 Å². The van der Waals surface area contributed by atoms with Crippen molar-refractivity contribution in [2.75, 3.05) is 21.3 Å². The number of hydrogen-bond acceptors (Lipinski definition) is 5. The molecule has 0 saturated heterocycles. The van der Waals surface area contributed by atoms with E-state index in [1.165, 1.54) is 21.5 Å². The van der Waals surface area contributed by atoms with Crippen LogP contribution in [-0.2, 0) is 17.1 Å². The Balaban J connectivity index is 0.000000762. The van der Waals surface area contributed by atoms with Gasteiger partial charge in [-0.25, -0.2) is 16.8 Å². The van der Waals surface area contributed by atoms with Crippen molar-refractivity contribution in [1.82, 2.24) is 4.67 Å². The van der Waals surface area contributed by atoms with Crippen LogP contribution in [0.3, 0.4) is 0 Å². The summed E-state index contributed by atoms with van der Waals surface area (Å²) >= 11 is 0. The Morgan fingerprint density at radius 2 is 0.979 bits per heavy atom. The fourth-order valence-corrected chi connectivity index (χ4v) is 8.68. The zero-order valence-corrected chi connectivity index (χ0v) is 29.8. The minimum Gasteiger partial charge on any atom is -0.748 e. The Morgan fingerprint density at radius 3 is 1.38 bits per heavy atom. The van der Waals surface area contributed by atoms with Crippen LogP contribution in [0.2, 0.25) is 0 Å². The summed E-state index contributed by atoms with van der Waals surface area (Å²) in [7, 11) is 3.10. The van der Waals surface area contributed by atoms with Crippen molar-refractivity contribution < 1.29 is 35.6 Å². The van der Waals surface area contributed by atoms with Crippen LogP contribution in [0.25, 0.3) is 0 Å². The summed E-state index contributed by atoms with van der Waals surface area (Å²) in [4.78, 5) is 0. The van der Waals surface area contributed by atoms with Gasteiger partial charge in [0, 0.05) is 17.1 Å². The molecule has 5 nitrogen and oxygen atoms in total. The molecule has 0 aliphatic carbocycles. The van der Waals surface area contributed by atoms with E-state index < -0.39 is 16.4 Å². The second-order valence-corrected chi connectivity index (χ2v) is 14.0. The molecule has 0 unspecified atom stereocenters. The molecule has 8 heteroatoms. The molecule has 0 aliphatic rings. The number of benzene rings is 4. The smallest absolute Gasteiger partial charge is 0.383 e. The van der Waals surface area contributed by atoms with Gasteiger partial charge in [0.25, 0.3) is 0 Å². The molecule has 0 radical (unpaired) electrons. The molecule has 6 aromatic carbocycles. The number of nitrogens with zero attached hydrogens (tertiary/aromatic N) is 1. The van der Waals surface area contributed by atoms with Crippen molar-refractivity contribution in [3.8, 4) is 23.0 Å². The standard InChI is InChI=1S/C34H34NO4P2.C5H5.Fe/c1-26(33-16-11-17-34(33)40(31-12-7-5-8-13-31)32-14-9-6-10-15-32)35(2)41(38-29-22-18-27(36-3)19-23-29)39-30-24-20-28(37-4)21-25-30;1-2-4-5-3-1;/h5-26H,1-4H3;1-5H;/q-1;-5;/t26-;;/m1../s1. The van der Waals surface area contributed by atoms with Crippen molar-refractivity contribution >= 4 is 32.4 Å². The summed E-state index contributed by atoms with van der Waals surface area (Å²) in [6.45, 7) is 2.21. The number of hydrogen-bond donors (Lipinski definition) is 0. The van der Waals surface area contributed by atoms with Crippen LogP contribution in [0.15, 0.2) is 158 Å². The van der Waals surface area contributed by atoms with E-state index in [4.69, 9.17) is 18.5 Å². The minimum atomic E-state index is -1.53. The van der Waals surface area contributed by atoms with Gasteiger partial charge in [-0.15, -0.1) is 10.9 Å². The average molecular weight is 704 g/mol. The van der Waals surface area contributed by atoms with E-state index in [-0.39, 0.29) is 23.1 Å². The molecule has 0 saturated carbocycles. The average Bonchev–Trinajstić information content (AvgIpc) is 3.86. The first-order valence-corrected chi connectivity index (χ1v) is 17.5. The molecule has 0 amide bonds. The van der Waals surface area contributed by atoms with Gasteiger partial charge in [0.1, 0.15) is 23.0 Å². The summed E-state index contributed by atoms with van der Waals surface area (Å²) in [5, 5.41) is 3.98. The molecule has 0 aromatic heterocycles. The monoisotopic (exact) mass is 703 g/mol. The summed E-state index contributed by atoms with van der Waals surface area (Å²) in [6, 6.07) is 53.4. The van der Waals surface area contributed by atoms with Crippen LogP contribution >= 0.6 is 16.4 Å². The van der Waals surface area contributed by atoms with Gasteiger partial charge >= 0.3 is 8.53 Å². The van der Waals surface area contributed by atoms with Crippen molar-refractivity contribution in [1.29, 1.82) is 0 Å². The molecular weight excluding hydrogens is 664 g/mol. The van der Waals surface area contributed by atoms with Crippen LogP contribution < -0.4 is 34.4 Å². The van der Waals surface area contributed by atoms with Gasteiger partial charge in [-0.3, -0.25) is 0 Å². The molecule has 47 heavy (non-hydrogen) atoms. The third kappa shape index (κ3) is 9.81. The Bertz CT molecular complexity index is 1590. The number of ether oxygens (including phenoxy) is 2. The maximum atomic E-state index is 6.51. The number of methoxy groups -OCH3 is 2. The molecule has 6 aromatic rings. The fraction of sp³-hybridized carbons (Fsp3) is 0.128. The molecule has 1 atom stereocenters. The third-order valence-electron chi connectivity index (χ3n) is 7.40. The molecule has 0 spiro atoms. The van der Waals surface area contributed by atoms with Crippen molar-refractivity contribution in [2.45, 2.75) is 13.0 Å². The summed E-state index contributed by atoms with van der Waals surface area (Å²) in [5.41, 5.74) is 1.26. The second-order valence-electron chi connectivity index (χ2n) is 10.4. The Kier molecular flexibility index (Phi) is 14.1. The predicted octanol–water partition coefficient (Wildman–Crippen LogP) is 8.96. The van der Waals surface area contributed by atoms with Crippen LogP contribution in [0.5, 0.6) is 23.0 Å². The van der Waals surface area contributed by atoms with E-state index in [9.17, 15) is 0 Å². The topological polar surface area (TPSA) is 40.2 Å². The third-order valence-corrected chi connectivity index (χ3v) is 11.5. The Labute approximate surface area is 292 Å². The molecule has 0 bridgehead atoms. The molecule has 0 N–H and O–H groups in total. The first kappa shape index (κ1) is 36.0. The molecule has 0 fully saturated rings. The normalized spacial score (nSPS) is 11.3. The van der Waals surface area contributed by atoms with Gasteiger partial charge in [-0.1, -0.05) is 67.6 Å². The van der Waals surface area contributed by atoms with Crippen LogP contribution in [0, 0.1) is 0 Å². The van der Waals surface area contributed by atoms with Gasteiger partial charge in [0.05, 0.1) is 14.2 Å². The van der Waals surface area contributed by atoms with Crippen LogP contribution in [-0.4, -0.2) is 25.9 Å². The molecule has 6 rings (SSSR count). The largest absolute Gasteiger partial charge is 0.748 e. The Morgan fingerprint density at radius 1 is 0.574 bits per heavy atom. The quantitative estimate of drug-likeness (QED) is 0.0724. The SMILES string of the molecule is COc1ccc(OP(Oc2ccc(OC)cc2)N(C)[C@H](C)[c-]2cccc2P(c2ccccc2)c2ccccc2)cc1.[Fe].[cH-]1[cH-][cH-][cH-][cH-]1. The first-order chi connectivity index (χ1) is 22.6. The van der Waals surface area contributed by atoms with Crippen LogP contribution in [0.4, 0.5) is 0 Å². The summed E-state index contributed by atoms with van der Waals surface area (Å²) in [6.07, 6.45) is 0. The zero-order chi connectivity index (χ0) is 32.1. The maximum Gasteiger partial charge on any atom is 0.383 e. The van der Waals surface area contributed by atoms with E-state index >= 15 is 0 Å². The van der Waals surface area contributed by atoms with Gasteiger partial charge in [-0.05, 0) is 80.2 Å². The first-order valence-electron chi connectivity index (χ1n) is 15.1. The predicted molar refractivity (Wildman–Crippen MR) is 193 cm³/mol. The van der Waals surface area contributed by atoms with E-state index in [2.05, 4.69) is 97.5 Å². The van der Waals surface area contributed by atoms with Gasteiger partial charge < -0.3 is 48.9 Å².